The van der Waals surface area contributed by atoms with Crippen LogP contribution in [0.4, 0.5) is 0 Å². The summed E-state index contributed by atoms with van der Waals surface area (Å²) in [6.07, 6.45) is 1.70. The maximum Gasteiger partial charge on any atom is 0.132 e. The number of hydrogen-bond donors (Lipinski definition) is 1. The molecule has 0 radical (unpaired) electrons. The van der Waals surface area contributed by atoms with Crippen molar-refractivity contribution in [3.63, 3.8) is 0 Å². The number of ether oxygens (including phenoxy) is 1. The van der Waals surface area contributed by atoms with Crippen molar-refractivity contribution in [2.75, 3.05) is 13.7 Å². The number of nitrogens with zero attached hydrogens (tertiary/aromatic N) is 2. The van der Waals surface area contributed by atoms with E-state index in [1.54, 1.807) is 18.0 Å². The van der Waals surface area contributed by atoms with Gasteiger partial charge in [0, 0.05) is 13.3 Å². The highest BCUT2D eigenvalue weighted by Crippen LogP contribution is 2.31. The number of methoxy groups -OCH3 is 1. The second-order valence-electron chi connectivity index (χ2n) is 4.98. The fourth-order valence-electron chi connectivity index (χ4n) is 2.16. The summed E-state index contributed by atoms with van der Waals surface area (Å²) >= 11 is 0. The molecule has 1 N–H and O–H groups in total. The van der Waals surface area contributed by atoms with E-state index in [1.807, 2.05) is 50.2 Å². The summed E-state index contributed by atoms with van der Waals surface area (Å²) in [5.41, 5.74) is 0.620. The minimum atomic E-state index is -1.05. The van der Waals surface area contributed by atoms with Gasteiger partial charge >= 0.3 is 0 Å². The predicted molar refractivity (Wildman–Crippen MR) is 74.2 cm³/mol. The molecule has 1 aromatic carbocycles. The second kappa shape index (κ2) is 5.55. The first-order chi connectivity index (χ1) is 9.09. The maximum atomic E-state index is 10.9. The Kier molecular flexibility index (Phi) is 4.02. The third-order valence-corrected chi connectivity index (χ3v) is 3.41. The molecule has 0 amide bonds. The molecule has 2 aromatic rings. The molecule has 0 bridgehead atoms. The van der Waals surface area contributed by atoms with Crippen molar-refractivity contribution < 1.29 is 9.84 Å². The van der Waals surface area contributed by atoms with Gasteiger partial charge in [-0.25, -0.2) is 4.68 Å². The van der Waals surface area contributed by atoms with Crippen LogP contribution in [0.15, 0.2) is 42.6 Å². The molecule has 0 aliphatic rings. The smallest absolute Gasteiger partial charge is 0.132 e. The summed E-state index contributed by atoms with van der Waals surface area (Å²) in [7, 11) is 1.59. The van der Waals surface area contributed by atoms with Crippen molar-refractivity contribution in [3.05, 3.63) is 48.3 Å². The van der Waals surface area contributed by atoms with E-state index in [2.05, 4.69) is 5.10 Å². The lowest BCUT2D eigenvalue weighted by atomic mass is 9.87. The van der Waals surface area contributed by atoms with Crippen LogP contribution in [0, 0.1) is 5.92 Å². The molecule has 4 nitrogen and oxygen atoms in total. The van der Waals surface area contributed by atoms with Crippen molar-refractivity contribution in [1.82, 2.24) is 9.78 Å². The Balaban J connectivity index is 2.49. The minimum Gasteiger partial charge on any atom is -0.381 e. The van der Waals surface area contributed by atoms with Crippen molar-refractivity contribution in [2.24, 2.45) is 5.92 Å². The minimum absolute atomic E-state index is 0.0200. The molecule has 0 aliphatic carbocycles. The molecule has 19 heavy (non-hydrogen) atoms. The largest absolute Gasteiger partial charge is 0.381 e. The van der Waals surface area contributed by atoms with Crippen molar-refractivity contribution in [1.29, 1.82) is 0 Å². The van der Waals surface area contributed by atoms with Gasteiger partial charge in [0.05, 0.1) is 18.0 Å². The number of para-hydroxylation sites is 1. The van der Waals surface area contributed by atoms with E-state index in [9.17, 15) is 5.11 Å². The molecule has 0 fully saturated rings. The summed E-state index contributed by atoms with van der Waals surface area (Å²) in [6, 6.07) is 11.6. The van der Waals surface area contributed by atoms with Gasteiger partial charge in [-0.15, -0.1) is 0 Å². The monoisotopic (exact) mass is 260 g/mol. The van der Waals surface area contributed by atoms with Gasteiger partial charge in [-0.2, -0.15) is 5.10 Å². The van der Waals surface area contributed by atoms with E-state index >= 15 is 0 Å². The second-order valence-corrected chi connectivity index (χ2v) is 4.98. The predicted octanol–water partition coefficient (Wildman–Crippen LogP) is 2.36. The molecule has 102 valence electrons. The highest BCUT2D eigenvalue weighted by atomic mass is 16.5. The van der Waals surface area contributed by atoms with E-state index in [4.69, 9.17) is 4.74 Å². The maximum absolute atomic E-state index is 10.9. The third-order valence-electron chi connectivity index (χ3n) is 3.41. The molecule has 1 atom stereocenters. The van der Waals surface area contributed by atoms with Crippen LogP contribution in [0.5, 0.6) is 0 Å². The van der Waals surface area contributed by atoms with Gasteiger partial charge in [0.25, 0.3) is 0 Å². The Morgan fingerprint density at radius 3 is 2.53 bits per heavy atom. The lowest BCUT2D eigenvalue weighted by molar-refractivity contribution is -0.0746. The third kappa shape index (κ3) is 2.55. The Labute approximate surface area is 113 Å². The van der Waals surface area contributed by atoms with Crippen LogP contribution in [-0.4, -0.2) is 28.6 Å². The van der Waals surface area contributed by atoms with E-state index < -0.39 is 5.60 Å². The van der Waals surface area contributed by atoms with Crippen LogP contribution in [-0.2, 0) is 10.3 Å². The average Bonchev–Trinajstić information content (AvgIpc) is 2.89. The zero-order valence-corrected chi connectivity index (χ0v) is 11.6. The zero-order chi connectivity index (χ0) is 13.9. The van der Waals surface area contributed by atoms with Crippen molar-refractivity contribution >= 4 is 0 Å². The Hall–Kier alpha value is -1.65. The Bertz CT molecular complexity index is 522. The van der Waals surface area contributed by atoms with E-state index in [0.29, 0.717) is 0 Å². The Morgan fingerprint density at radius 1 is 1.26 bits per heavy atom. The van der Waals surface area contributed by atoms with Crippen LogP contribution >= 0.6 is 0 Å². The highest BCUT2D eigenvalue weighted by molar-refractivity contribution is 5.34. The van der Waals surface area contributed by atoms with Crippen LogP contribution in [0.2, 0.25) is 0 Å². The van der Waals surface area contributed by atoms with Crippen LogP contribution in [0.25, 0.3) is 5.69 Å². The molecule has 0 saturated carbocycles. The molecule has 4 heteroatoms. The van der Waals surface area contributed by atoms with Gasteiger partial charge in [-0.05, 0) is 24.1 Å². The van der Waals surface area contributed by atoms with E-state index in [1.165, 1.54) is 0 Å². The van der Waals surface area contributed by atoms with Crippen LogP contribution in [0.3, 0.4) is 0 Å². The number of rotatable bonds is 5. The fourth-order valence-corrected chi connectivity index (χ4v) is 2.16. The molecule has 2 rings (SSSR count). The number of hydrogen-bond acceptors (Lipinski definition) is 3. The lowest BCUT2D eigenvalue weighted by Crippen LogP contribution is -2.39. The molecule has 1 unspecified atom stereocenters. The van der Waals surface area contributed by atoms with Gasteiger partial charge in [0.1, 0.15) is 5.60 Å². The first-order valence-electron chi connectivity index (χ1n) is 6.41. The highest BCUT2D eigenvalue weighted by Gasteiger charge is 2.36. The lowest BCUT2D eigenvalue weighted by Gasteiger charge is -2.32. The standard InChI is InChI=1S/C15H20N2O2/c1-12(2)15(18,11-19-3)14-9-10-16-17(14)13-7-5-4-6-8-13/h4-10,12,18H,11H2,1-3H3. The van der Waals surface area contributed by atoms with Gasteiger partial charge in [0.15, 0.2) is 0 Å². The summed E-state index contributed by atoms with van der Waals surface area (Å²) < 4.78 is 6.95. The van der Waals surface area contributed by atoms with Crippen molar-refractivity contribution in [2.45, 2.75) is 19.4 Å². The van der Waals surface area contributed by atoms with Crippen LogP contribution in [0.1, 0.15) is 19.5 Å². The van der Waals surface area contributed by atoms with Gasteiger partial charge in [-0.3, -0.25) is 0 Å². The number of aliphatic hydroxyl groups is 1. The first kappa shape index (κ1) is 13.8. The SMILES string of the molecule is COCC(O)(c1ccnn1-c1ccccc1)C(C)C. The van der Waals surface area contributed by atoms with Crippen molar-refractivity contribution in [3.8, 4) is 5.69 Å². The number of aromatic nitrogens is 2. The molecular formula is C15H20N2O2. The summed E-state index contributed by atoms with van der Waals surface area (Å²) in [5.74, 6) is 0.0200. The molecule has 0 spiro atoms. The molecule has 0 saturated heterocycles. The van der Waals surface area contributed by atoms with E-state index in [0.717, 1.165) is 11.4 Å². The quantitative estimate of drug-likeness (QED) is 0.897. The summed E-state index contributed by atoms with van der Waals surface area (Å²) in [6.45, 7) is 4.19. The topological polar surface area (TPSA) is 47.3 Å². The summed E-state index contributed by atoms with van der Waals surface area (Å²) in [5, 5.41) is 15.2. The van der Waals surface area contributed by atoms with Gasteiger partial charge in [0.2, 0.25) is 0 Å². The molecule has 0 aliphatic heterocycles. The Morgan fingerprint density at radius 2 is 1.95 bits per heavy atom. The van der Waals surface area contributed by atoms with Gasteiger partial charge in [-0.1, -0.05) is 32.0 Å². The van der Waals surface area contributed by atoms with Crippen LogP contribution < -0.4 is 0 Å². The van der Waals surface area contributed by atoms with Gasteiger partial charge < -0.3 is 9.84 Å². The first-order valence-corrected chi connectivity index (χ1v) is 6.41. The fraction of sp³-hybridized carbons (Fsp3) is 0.400. The normalized spacial score (nSPS) is 14.6. The number of benzene rings is 1. The average molecular weight is 260 g/mol. The van der Waals surface area contributed by atoms with E-state index in [-0.39, 0.29) is 12.5 Å². The molecule has 1 heterocycles. The molecule has 1 aromatic heterocycles. The molecular weight excluding hydrogens is 240 g/mol. The zero-order valence-electron chi connectivity index (χ0n) is 11.6. The summed E-state index contributed by atoms with van der Waals surface area (Å²) in [4.78, 5) is 0.